The highest BCUT2D eigenvalue weighted by Gasteiger charge is 2.32. The van der Waals surface area contributed by atoms with Gasteiger partial charge in [-0.05, 0) is 31.9 Å². The second-order valence-electron chi connectivity index (χ2n) is 5.22. The van der Waals surface area contributed by atoms with Crippen LogP contribution in [0.25, 0.3) is 0 Å². The van der Waals surface area contributed by atoms with Crippen LogP contribution in [0.3, 0.4) is 0 Å². The lowest BCUT2D eigenvalue weighted by atomic mass is 9.92. The van der Waals surface area contributed by atoms with Crippen molar-refractivity contribution in [3.05, 3.63) is 35.9 Å². The van der Waals surface area contributed by atoms with E-state index in [-0.39, 0.29) is 6.10 Å². The summed E-state index contributed by atoms with van der Waals surface area (Å²) < 4.78 is 5.91. The van der Waals surface area contributed by atoms with Crippen LogP contribution in [0.1, 0.15) is 45.6 Å². The third-order valence-corrected chi connectivity index (χ3v) is 3.41. The second kappa shape index (κ2) is 8.73. The average Bonchev–Trinajstić information content (AvgIpc) is 2.49. The van der Waals surface area contributed by atoms with Gasteiger partial charge in [0, 0.05) is 0 Å². The lowest BCUT2D eigenvalue weighted by Crippen LogP contribution is -2.46. The molecule has 3 heteroatoms. The summed E-state index contributed by atoms with van der Waals surface area (Å²) in [5.41, 5.74) is 0.221. The van der Waals surface area contributed by atoms with Gasteiger partial charge >= 0.3 is 0 Å². The Bertz CT molecular complexity index is 413. The summed E-state index contributed by atoms with van der Waals surface area (Å²) in [7, 11) is 0. The van der Waals surface area contributed by atoms with Crippen molar-refractivity contribution in [1.29, 1.82) is 5.26 Å². The summed E-state index contributed by atoms with van der Waals surface area (Å²) >= 11 is 0. The number of rotatable bonds is 9. The summed E-state index contributed by atoms with van der Waals surface area (Å²) in [6.07, 6.45) is 3.28. The zero-order valence-corrected chi connectivity index (χ0v) is 12.9. The summed E-state index contributed by atoms with van der Waals surface area (Å²) in [4.78, 5) is 0. The smallest absolute Gasteiger partial charge is 0.155 e. The van der Waals surface area contributed by atoms with Crippen molar-refractivity contribution in [2.24, 2.45) is 0 Å². The molecular formula is C17H26N2O. The minimum absolute atomic E-state index is 0.180. The van der Waals surface area contributed by atoms with Gasteiger partial charge in [-0.3, -0.25) is 5.32 Å². The Morgan fingerprint density at radius 1 is 1.25 bits per heavy atom. The molecule has 20 heavy (non-hydrogen) atoms. The molecule has 0 bridgehead atoms. The van der Waals surface area contributed by atoms with Crippen molar-refractivity contribution >= 4 is 0 Å². The molecule has 1 aromatic carbocycles. The fourth-order valence-electron chi connectivity index (χ4n) is 2.19. The Morgan fingerprint density at radius 2 is 1.95 bits per heavy atom. The normalized spacial score (nSPS) is 15.3. The zero-order valence-electron chi connectivity index (χ0n) is 12.9. The van der Waals surface area contributed by atoms with Gasteiger partial charge < -0.3 is 4.74 Å². The molecule has 0 aliphatic heterocycles. The van der Waals surface area contributed by atoms with E-state index in [1.54, 1.807) is 0 Å². The van der Waals surface area contributed by atoms with Gasteiger partial charge in [-0.25, -0.2) is 0 Å². The maximum Gasteiger partial charge on any atom is 0.155 e. The lowest BCUT2D eigenvalue weighted by Gasteiger charge is -2.29. The summed E-state index contributed by atoms with van der Waals surface area (Å²) in [6, 6.07) is 12.3. The Balaban J connectivity index is 2.86. The fraction of sp³-hybridized carbons (Fsp3) is 0.588. The monoisotopic (exact) mass is 274 g/mol. The van der Waals surface area contributed by atoms with E-state index in [1.165, 1.54) is 0 Å². The predicted octanol–water partition coefficient (Wildman–Crippen LogP) is 3.61. The minimum Gasteiger partial charge on any atom is -0.375 e. The number of hydrogen-bond acceptors (Lipinski definition) is 3. The van der Waals surface area contributed by atoms with Crippen LogP contribution in [0.5, 0.6) is 0 Å². The van der Waals surface area contributed by atoms with E-state index in [0.29, 0.717) is 6.61 Å². The van der Waals surface area contributed by atoms with Crippen LogP contribution in [0.15, 0.2) is 30.3 Å². The fourth-order valence-corrected chi connectivity index (χ4v) is 2.19. The van der Waals surface area contributed by atoms with Crippen LogP contribution in [-0.2, 0) is 10.3 Å². The first-order valence-electron chi connectivity index (χ1n) is 7.52. The average molecular weight is 274 g/mol. The number of nitrogens with zero attached hydrogens (tertiary/aromatic N) is 1. The molecule has 110 valence electrons. The SMILES string of the molecule is CCCNC(C#N)(COC(C)CCC)c1ccccc1. The van der Waals surface area contributed by atoms with E-state index < -0.39 is 5.54 Å². The topological polar surface area (TPSA) is 45.0 Å². The molecule has 0 aromatic heterocycles. The van der Waals surface area contributed by atoms with E-state index in [4.69, 9.17) is 4.74 Å². The number of nitriles is 1. The van der Waals surface area contributed by atoms with Crippen LogP contribution < -0.4 is 5.32 Å². The van der Waals surface area contributed by atoms with Gasteiger partial charge in [-0.15, -0.1) is 0 Å². The molecule has 1 rings (SSSR count). The Labute approximate surface area is 123 Å². The van der Waals surface area contributed by atoms with E-state index in [9.17, 15) is 5.26 Å². The molecule has 0 saturated carbocycles. The highest BCUT2D eigenvalue weighted by Crippen LogP contribution is 2.22. The highest BCUT2D eigenvalue weighted by atomic mass is 16.5. The molecule has 0 spiro atoms. The molecule has 2 atom stereocenters. The van der Waals surface area contributed by atoms with Gasteiger partial charge in [0.15, 0.2) is 5.54 Å². The molecule has 1 aromatic rings. The van der Waals surface area contributed by atoms with Crippen molar-refractivity contribution in [2.75, 3.05) is 13.2 Å². The number of hydrogen-bond donors (Lipinski definition) is 1. The molecule has 0 heterocycles. The van der Waals surface area contributed by atoms with Crippen LogP contribution in [0.2, 0.25) is 0 Å². The molecule has 0 fully saturated rings. The third-order valence-electron chi connectivity index (χ3n) is 3.41. The molecule has 0 aliphatic rings. The Kier molecular flexibility index (Phi) is 7.28. The van der Waals surface area contributed by atoms with Crippen molar-refractivity contribution < 1.29 is 4.74 Å². The van der Waals surface area contributed by atoms with E-state index >= 15 is 0 Å². The third kappa shape index (κ3) is 4.63. The minimum atomic E-state index is -0.751. The second-order valence-corrected chi connectivity index (χ2v) is 5.22. The van der Waals surface area contributed by atoms with Gasteiger partial charge in [0.05, 0.1) is 18.8 Å². The number of ether oxygens (including phenoxy) is 1. The van der Waals surface area contributed by atoms with Crippen LogP contribution in [0.4, 0.5) is 0 Å². The molecule has 0 radical (unpaired) electrons. The quantitative estimate of drug-likeness (QED) is 0.748. The van der Waals surface area contributed by atoms with Crippen molar-refractivity contribution in [3.8, 4) is 6.07 Å². The molecule has 0 aliphatic carbocycles. The van der Waals surface area contributed by atoms with Gasteiger partial charge in [0.25, 0.3) is 0 Å². The summed E-state index contributed by atoms with van der Waals surface area (Å²) in [6.45, 7) is 7.49. The highest BCUT2D eigenvalue weighted by molar-refractivity contribution is 5.31. The van der Waals surface area contributed by atoms with Crippen LogP contribution in [0, 0.1) is 11.3 Å². The molecule has 0 amide bonds. The van der Waals surface area contributed by atoms with Gasteiger partial charge in [-0.2, -0.15) is 5.26 Å². The summed E-state index contributed by atoms with van der Waals surface area (Å²) in [5.74, 6) is 0. The van der Waals surface area contributed by atoms with E-state index in [2.05, 4.69) is 32.2 Å². The Hall–Kier alpha value is -1.37. The van der Waals surface area contributed by atoms with E-state index in [0.717, 1.165) is 31.4 Å². The molecule has 3 nitrogen and oxygen atoms in total. The number of benzene rings is 1. The van der Waals surface area contributed by atoms with Gasteiger partial charge in [-0.1, -0.05) is 50.6 Å². The van der Waals surface area contributed by atoms with Crippen LogP contribution >= 0.6 is 0 Å². The van der Waals surface area contributed by atoms with Gasteiger partial charge in [0.2, 0.25) is 0 Å². The first kappa shape index (κ1) is 16.7. The maximum atomic E-state index is 9.71. The first-order chi connectivity index (χ1) is 9.68. The molecule has 2 unspecified atom stereocenters. The molecule has 0 saturated heterocycles. The van der Waals surface area contributed by atoms with Crippen LogP contribution in [-0.4, -0.2) is 19.3 Å². The number of nitrogens with one attached hydrogen (secondary N) is 1. The van der Waals surface area contributed by atoms with Crippen molar-refractivity contribution in [2.45, 2.75) is 51.7 Å². The maximum absolute atomic E-state index is 9.71. The van der Waals surface area contributed by atoms with E-state index in [1.807, 2.05) is 30.3 Å². The first-order valence-corrected chi connectivity index (χ1v) is 7.52. The predicted molar refractivity (Wildman–Crippen MR) is 82.3 cm³/mol. The van der Waals surface area contributed by atoms with Gasteiger partial charge in [0.1, 0.15) is 0 Å². The molecular weight excluding hydrogens is 248 g/mol. The molecule has 1 N–H and O–H groups in total. The Morgan fingerprint density at radius 3 is 2.50 bits per heavy atom. The lowest BCUT2D eigenvalue weighted by molar-refractivity contribution is 0.0278. The van der Waals surface area contributed by atoms with Crippen molar-refractivity contribution in [3.63, 3.8) is 0 Å². The zero-order chi connectivity index (χ0) is 14.8. The standard InChI is InChI=1S/C17H26N2O/c1-4-9-15(3)20-14-17(13-18,19-12-5-2)16-10-7-6-8-11-16/h6-8,10-11,15,19H,4-5,9,12,14H2,1-3H3. The van der Waals surface area contributed by atoms with Crippen molar-refractivity contribution in [1.82, 2.24) is 5.32 Å². The largest absolute Gasteiger partial charge is 0.375 e. The summed E-state index contributed by atoms with van der Waals surface area (Å²) in [5, 5.41) is 13.1.